The van der Waals surface area contributed by atoms with E-state index in [1.165, 1.54) is 6.20 Å². The van der Waals surface area contributed by atoms with Crippen molar-refractivity contribution in [3.05, 3.63) is 11.8 Å². The molecular weight excluding hydrogens is 166 g/mol. The Labute approximate surface area is 78.1 Å². The largest absolute Gasteiger partial charge is 0.404 e. The Balaban J connectivity index is 2.89. The molecule has 1 amide bonds. The van der Waals surface area contributed by atoms with Gasteiger partial charge in [0.05, 0.1) is 0 Å². The van der Waals surface area contributed by atoms with Gasteiger partial charge in [0.15, 0.2) is 0 Å². The minimum Gasteiger partial charge on any atom is -0.404 e. The Morgan fingerprint density at radius 1 is 1.54 bits per heavy atom. The molecule has 4 nitrogen and oxygen atoms in total. The van der Waals surface area contributed by atoms with Crippen LogP contribution in [0.1, 0.15) is 12.8 Å². The van der Waals surface area contributed by atoms with Gasteiger partial charge in [-0.2, -0.15) is 0 Å². The van der Waals surface area contributed by atoms with Crippen molar-refractivity contribution in [3.8, 4) is 0 Å². The highest BCUT2D eigenvalue weighted by Gasteiger charge is 2.19. The van der Waals surface area contributed by atoms with Crippen LogP contribution < -0.4 is 5.73 Å². The van der Waals surface area contributed by atoms with Crippen molar-refractivity contribution < 1.29 is 4.79 Å². The van der Waals surface area contributed by atoms with Gasteiger partial charge in [0.2, 0.25) is 5.91 Å². The molecule has 0 aromatic heterocycles. The predicted molar refractivity (Wildman–Crippen MR) is 52.5 cm³/mol. The first-order chi connectivity index (χ1) is 6.19. The second kappa shape index (κ2) is 4.07. The van der Waals surface area contributed by atoms with Crippen LogP contribution in [0.3, 0.4) is 0 Å². The Morgan fingerprint density at radius 3 is 2.77 bits per heavy atom. The van der Waals surface area contributed by atoms with Crippen LogP contribution in [0.25, 0.3) is 0 Å². The van der Waals surface area contributed by atoms with Gasteiger partial charge in [-0.25, -0.2) is 0 Å². The lowest BCUT2D eigenvalue weighted by Crippen LogP contribution is -2.26. The number of hydrogen-bond donors (Lipinski definition) is 1. The van der Waals surface area contributed by atoms with Crippen molar-refractivity contribution in [3.63, 3.8) is 0 Å². The van der Waals surface area contributed by atoms with Gasteiger partial charge in [0.1, 0.15) is 0 Å². The average molecular weight is 181 g/mol. The molecule has 1 rings (SSSR count). The van der Waals surface area contributed by atoms with Crippen molar-refractivity contribution in [1.82, 2.24) is 4.90 Å². The summed E-state index contributed by atoms with van der Waals surface area (Å²) >= 11 is 0. The van der Waals surface area contributed by atoms with Gasteiger partial charge >= 0.3 is 0 Å². The number of carbonyl (C=O) groups excluding carboxylic acids is 1. The Morgan fingerprint density at radius 2 is 2.23 bits per heavy atom. The third-order valence-corrected chi connectivity index (χ3v) is 2.25. The van der Waals surface area contributed by atoms with Crippen molar-refractivity contribution >= 4 is 11.6 Å². The third kappa shape index (κ3) is 2.08. The molecule has 0 radical (unpaired) electrons. The maximum atomic E-state index is 11.3. The molecule has 0 aromatic carbocycles. The Bertz CT molecular complexity index is 268. The maximum Gasteiger partial charge on any atom is 0.223 e. The van der Waals surface area contributed by atoms with E-state index in [-0.39, 0.29) is 5.91 Å². The minimum absolute atomic E-state index is 0.151. The van der Waals surface area contributed by atoms with E-state index >= 15 is 0 Å². The van der Waals surface area contributed by atoms with Gasteiger partial charge in [-0.15, -0.1) is 0 Å². The fourth-order valence-corrected chi connectivity index (χ4v) is 1.42. The maximum absolute atomic E-state index is 11.3. The summed E-state index contributed by atoms with van der Waals surface area (Å²) in [6.45, 7) is 0.571. The SMILES string of the molecule is CN=C1CCC(=O)N(C)CC1=CN. The molecule has 2 N–H and O–H groups in total. The van der Waals surface area contributed by atoms with Crippen LogP contribution in [-0.2, 0) is 4.79 Å². The lowest BCUT2D eigenvalue weighted by atomic mass is 10.1. The summed E-state index contributed by atoms with van der Waals surface area (Å²) in [7, 11) is 3.51. The summed E-state index contributed by atoms with van der Waals surface area (Å²) in [5.74, 6) is 0.151. The van der Waals surface area contributed by atoms with Crippen LogP contribution in [0.5, 0.6) is 0 Å². The molecule has 0 saturated carbocycles. The number of rotatable bonds is 0. The highest BCUT2D eigenvalue weighted by Crippen LogP contribution is 2.12. The minimum atomic E-state index is 0.151. The highest BCUT2D eigenvalue weighted by molar-refractivity contribution is 6.03. The zero-order valence-corrected chi connectivity index (χ0v) is 8.08. The summed E-state index contributed by atoms with van der Waals surface area (Å²) in [6.07, 6.45) is 2.76. The lowest BCUT2D eigenvalue weighted by molar-refractivity contribution is -0.129. The van der Waals surface area contributed by atoms with Gasteiger partial charge < -0.3 is 10.6 Å². The number of amides is 1. The second-order valence-corrected chi connectivity index (χ2v) is 3.11. The van der Waals surface area contributed by atoms with Gasteiger partial charge in [-0.05, 0) is 6.42 Å². The van der Waals surface area contributed by atoms with Crippen molar-refractivity contribution in [2.24, 2.45) is 10.7 Å². The molecule has 0 atom stereocenters. The van der Waals surface area contributed by atoms with E-state index in [1.54, 1.807) is 19.0 Å². The molecule has 0 bridgehead atoms. The summed E-state index contributed by atoms with van der Waals surface area (Å²) in [5, 5.41) is 0. The predicted octanol–water partition coefficient (Wildman–Crippen LogP) is 0.152. The normalized spacial score (nSPS) is 25.4. The number of aliphatic imine (C=N–C) groups is 1. The average Bonchev–Trinajstić information content (AvgIpc) is 2.27. The third-order valence-electron chi connectivity index (χ3n) is 2.25. The number of nitrogens with zero attached hydrogens (tertiary/aromatic N) is 2. The highest BCUT2D eigenvalue weighted by atomic mass is 16.2. The fraction of sp³-hybridized carbons (Fsp3) is 0.556. The molecule has 4 heteroatoms. The fourth-order valence-electron chi connectivity index (χ4n) is 1.42. The van der Waals surface area contributed by atoms with Crippen LogP contribution in [0.2, 0.25) is 0 Å². The van der Waals surface area contributed by atoms with E-state index in [4.69, 9.17) is 5.73 Å². The molecule has 72 valence electrons. The van der Waals surface area contributed by atoms with E-state index < -0.39 is 0 Å². The molecule has 0 aliphatic carbocycles. The Kier molecular flexibility index (Phi) is 3.06. The second-order valence-electron chi connectivity index (χ2n) is 3.11. The molecule has 0 unspecified atom stereocenters. The Hall–Kier alpha value is -1.32. The van der Waals surface area contributed by atoms with Gasteiger partial charge in [-0.1, -0.05) is 0 Å². The van der Waals surface area contributed by atoms with Crippen LogP contribution in [0.15, 0.2) is 16.8 Å². The summed E-state index contributed by atoms with van der Waals surface area (Å²) in [5.41, 5.74) is 7.36. The quantitative estimate of drug-likeness (QED) is 0.578. The van der Waals surface area contributed by atoms with E-state index in [9.17, 15) is 4.79 Å². The smallest absolute Gasteiger partial charge is 0.223 e. The van der Waals surface area contributed by atoms with Crippen molar-refractivity contribution in [2.45, 2.75) is 12.8 Å². The topological polar surface area (TPSA) is 58.7 Å². The van der Waals surface area contributed by atoms with E-state index in [2.05, 4.69) is 4.99 Å². The zero-order chi connectivity index (χ0) is 9.84. The van der Waals surface area contributed by atoms with Crippen molar-refractivity contribution in [2.75, 3.05) is 20.6 Å². The molecule has 1 saturated heterocycles. The molecule has 0 aromatic rings. The van der Waals surface area contributed by atoms with Gasteiger partial charge in [0, 0.05) is 44.5 Å². The van der Waals surface area contributed by atoms with Crippen LogP contribution in [0.4, 0.5) is 0 Å². The van der Waals surface area contributed by atoms with Crippen LogP contribution in [0, 0.1) is 0 Å². The standard InChI is InChI=1S/C9H15N3O/c1-11-8-3-4-9(13)12(2)6-7(8)5-10/h5H,3-4,6,10H2,1-2H3. The number of nitrogens with two attached hydrogens (primary N) is 1. The van der Waals surface area contributed by atoms with Crippen molar-refractivity contribution in [1.29, 1.82) is 0 Å². The zero-order valence-electron chi connectivity index (χ0n) is 8.08. The monoisotopic (exact) mass is 181 g/mol. The molecule has 1 aliphatic heterocycles. The summed E-state index contributed by atoms with van der Waals surface area (Å²) in [4.78, 5) is 17.1. The van der Waals surface area contributed by atoms with Crippen LogP contribution in [-0.4, -0.2) is 37.2 Å². The number of hydrogen-bond acceptors (Lipinski definition) is 3. The van der Waals surface area contributed by atoms with E-state index in [1.807, 2.05) is 0 Å². The molecule has 13 heavy (non-hydrogen) atoms. The number of likely N-dealkylation sites (N-methyl/N-ethyl adjacent to an activating group) is 1. The molecule has 1 fully saturated rings. The van der Waals surface area contributed by atoms with E-state index in [0.29, 0.717) is 19.4 Å². The molecule has 0 spiro atoms. The summed E-state index contributed by atoms with van der Waals surface area (Å²) < 4.78 is 0. The molecule has 1 heterocycles. The van der Waals surface area contributed by atoms with Gasteiger partial charge in [-0.3, -0.25) is 9.79 Å². The lowest BCUT2D eigenvalue weighted by Gasteiger charge is -2.14. The first-order valence-corrected chi connectivity index (χ1v) is 4.29. The van der Waals surface area contributed by atoms with Gasteiger partial charge in [0.25, 0.3) is 0 Å². The van der Waals surface area contributed by atoms with Crippen LogP contribution >= 0.6 is 0 Å². The molecule has 1 aliphatic rings. The van der Waals surface area contributed by atoms with E-state index in [0.717, 1.165) is 11.3 Å². The summed E-state index contributed by atoms with van der Waals surface area (Å²) in [6, 6.07) is 0. The first kappa shape index (κ1) is 9.77. The first-order valence-electron chi connectivity index (χ1n) is 4.29. The number of carbonyl (C=O) groups is 1. The molecular formula is C9H15N3O. The number of likely N-dealkylation sites (tertiary alicyclic amines) is 1.